The van der Waals surface area contributed by atoms with E-state index >= 15 is 0 Å². The summed E-state index contributed by atoms with van der Waals surface area (Å²) in [6.45, 7) is 5.88. The Balaban J connectivity index is 1.86. The number of benzene rings is 2. The average Bonchev–Trinajstić information content (AvgIpc) is 2.74. The summed E-state index contributed by atoms with van der Waals surface area (Å²) < 4.78 is 28.3. The lowest BCUT2D eigenvalue weighted by atomic mass is 9.97. The van der Waals surface area contributed by atoms with Crippen LogP contribution < -0.4 is 9.62 Å². The number of nitrogens with zero attached hydrogens (tertiary/aromatic N) is 1. The lowest BCUT2D eigenvalue weighted by molar-refractivity contribution is -0.120. The number of hydrogen-bond donors (Lipinski definition) is 1. The molecule has 1 saturated carbocycles. The second-order valence-corrected chi connectivity index (χ2v) is 11.0. The molecule has 1 amide bonds. The van der Waals surface area contributed by atoms with E-state index in [1.54, 1.807) is 36.4 Å². The van der Waals surface area contributed by atoms with Crippen LogP contribution in [0.1, 0.15) is 75.8 Å². The number of nitrogens with one attached hydrogen (secondary N) is 1. The highest BCUT2D eigenvalue weighted by Gasteiger charge is 2.28. The average molecular weight is 457 g/mol. The van der Waals surface area contributed by atoms with Gasteiger partial charge in [0.1, 0.15) is 6.54 Å². The molecule has 2 aromatic carbocycles. The Kier molecular flexibility index (Phi) is 8.35. The molecule has 0 aliphatic heterocycles. The van der Waals surface area contributed by atoms with Gasteiger partial charge in [0.2, 0.25) is 5.91 Å². The van der Waals surface area contributed by atoms with E-state index in [9.17, 15) is 13.2 Å². The maximum absolute atomic E-state index is 13.5. The smallest absolute Gasteiger partial charge is 0.264 e. The second kappa shape index (κ2) is 11.0. The van der Waals surface area contributed by atoms with Gasteiger partial charge in [0, 0.05) is 6.04 Å². The number of carbonyl (C=O) groups is 1. The molecule has 0 radical (unpaired) electrons. The standard InChI is InChI=1S/C26H36N2O3S/c1-20(2)22-13-15-24(16-14-22)28(32(30,31)25-17-11-21(3)12-18-25)19-26(29)27-23-9-7-5-4-6-8-10-23/h11-18,20,23H,4-10,19H2,1-3H3,(H,27,29). The molecule has 174 valence electrons. The van der Waals surface area contributed by atoms with Gasteiger partial charge in [-0.25, -0.2) is 8.42 Å². The molecule has 0 spiro atoms. The fourth-order valence-corrected chi connectivity index (χ4v) is 5.60. The number of hydrogen-bond acceptors (Lipinski definition) is 3. The molecule has 0 heterocycles. The first-order valence-corrected chi connectivity index (χ1v) is 13.2. The lowest BCUT2D eigenvalue weighted by Crippen LogP contribution is -2.44. The third kappa shape index (κ3) is 6.35. The third-order valence-corrected chi connectivity index (χ3v) is 8.00. The van der Waals surface area contributed by atoms with Crippen molar-refractivity contribution in [3.63, 3.8) is 0 Å². The van der Waals surface area contributed by atoms with Gasteiger partial charge >= 0.3 is 0 Å². The first-order chi connectivity index (χ1) is 15.3. The van der Waals surface area contributed by atoms with Crippen molar-refractivity contribution in [3.05, 3.63) is 59.7 Å². The van der Waals surface area contributed by atoms with Gasteiger partial charge in [-0.1, -0.05) is 75.8 Å². The molecular formula is C26H36N2O3S. The Labute approximate surface area is 193 Å². The van der Waals surface area contributed by atoms with Crippen molar-refractivity contribution in [3.8, 4) is 0 Å². The second-order valence-electron chi connectivity index (χ2n) is 9.18. The van der Waals surface area contributed by atoms with Crippen molar-refractivity contribution in [2.75, 3.05) is 10.8 Å². The molecule has 3 rings (SSSR count). The minimum absolute atomic E-state index is 0.120. The summed E-state index contributed by atoms with van der Waals surface area (Å²) in [5.41, 5.74) is 2.61. The maximum Gasteiger partial charge on any atom is 0.264 e. The van der Waals surface area contributed by atoms with Crippen LogP contribution in [-0.4, -0.2) is 26.9 Å². The molecule has 0 aromatic heterocycles. The number of sulfonamides is 1. The molecule has 2 aromatic rings. The van der Waals surface area contributed by atoms with Gasteiger partial charge in [0.05, 0.1) is 10.6 Å². The van der Waals surface area contributed by atoms with Gasteiger partial charge < -0.3 is 5.32 Å². The molecule has 0 bridgehead atoms. The van der Waals surface area contributed by atoms with Crippen LogP contribution >= 0.6 is 0 Å². The van der Waals surface area contributed by atoms with Crippen molar-refractivity contribution in [2.45, 2.75) is 82.6 Å². The van der Waals surface area contributed by atoms with Crippen LogP contribution in [0.15, 0.2) is 53.4 Å². The van der Waals surface area contributed by atoms with E-state index in [0.717, 1.165) is 36.8 Å². The number of carbonyl (C=O) groups excluding carboxylic acids is 1. The fourth-order valence-electron chi connectivity index (χ4n) is 4.18. The van der Waals surface area contributed by atoms with E-state index in [4.69, 9.17) is 0 Å². The quantitative estimate of drug-likeness (QED) is 0.595. The van der Waals surface area contributed by atoms with E-state index in [-0.39, 0.29) is 23.4 Å². The molecule has 1 aliphatic carbocycles. The molecular weight excluding hydrogens is 420 g/mol. The third-order valence-electron chi connectivity index (χ3n) is 6.21. The zero-order valence-electron chi connectivity index (χ0n) is 19.5. The zero-order chi connectivity index (χ0) is 23.1. The van der Waals surface area contributed by atoms with Crippen molar-refractivity contribution in [1.82, 2.24) is 5.32 Å². The van der Waals surface area contributed by atoms with Crippen molar-refractivity contribution in [1.29, 1.82) is 0 Å². The number of aryl methyl sites for hydroxylation is 1. The van der Waals surface area contributed by atoms with Crippen LogP contribution in [0.2, 0.25) is 0 Å². The highest BCUT2D eigenvalue weighted by Crippen LogP contribution is 2.26. The van der Waals surface area contributed by atoms with Crippen LogP contribution in [0.3, 0.4) is 0 Å². The normalized spacial score (nSPS) is 15.8. The summed E-state index contributed by atoms with van der Waals surface area (Å²) in [5, 5.41) is 3.10. The van der Waals surface area contributed by atoms with Gasteiger partial charge in [-0.05, 0) is 55.5 Å². The first kappa shape index (κ1) is 24.3. The molecule has 1 N–H and O–H groups in total. The highest BCUT2D eigenvalue weighted by atomic mass is 32.2. The zero-order valence-corrected chi connectivity index (χ0v) is 20.3. The molecule has 0 saturated heterocycles. The topological polar surface area (TPSA) is 66.5 Å². The summed E-state index contributed by atoms with van der Waals surface area (Å²) in [7, 11) is -3.88. The number of amides is 1. The Hall–Kier alpha value is -2.34. The number of rotatable bonds is 7. The highest BCUT2D eigenvalue weighted by molar-refractivity contribution is 7.92. The summed E-state index contributed by atoms with van der Waals surface area (Å²) in [6, 6.07) is 14.3. The van der Waals surface area contributed by atoms with E-state index in [0.29, 0.717) is 11.6 Å². The molecule has 32 heavy (non-hydrogen) atoms. The molecule has 0 unspecified atom stereocenters. The SMILES string of the molecule is Cc1ccc(S(=O)(=O)N(CC(=O)NC2CCCCCCC2)c2ccc(C(C)C)cc2)cc1. The minimum Gasteiger partial charge on any atom is -0.352 e. The number of anilines is 1. The van der Waals surface area contributed by atoms with Crippen molar-refractivity contribution in [2.24, 2.45) is 0 Å². The summed E-state index contributed by atoms with van der Waals surface area (Å²) >= 11 is 0. The fraction of sp³-hybridized carbons (Fsp3) is 0.500. The van der Waals surface area contributed by atoms with Gasteiger partial charge in [0.25, 0.3) is 10.0 Å². The summed E-state index contributed by atoms with van der Waals surface area (Å²) in [5.74, 6) is 0.0908. The van der Waals surface area contributed by atoms with Crippen molar-refractivity contribution >= 4 is 21.6 Å². The molecule has 6 heteroatoms. The van der Waals surface area contributed by atoms with Crippen LogP contribution in [0.25, 0.3) is 0 Å². The predicted octanol–water partition coefficient (Wildman–Crippen LogP) is 5.54. The van der Waals surface area contributed by atoms with E-state index in [1.807, 2.05) is 19.1 Å². The lowest BCUT2D eigenvalue weighted by Gasteiger charge is -2.27. The largest absolute Gasteiger partial charge is 0.352 e. The predicted molar refractivity (Wildman–Crippen MR) is 130 cm³/mol. The Morgan fingerprint density at radius 3 is 2.06 bits per heavy atom. The molecule has 1 aliphatic rings. The van der Waals surface area contributed by atoms with Crippen LogP contribution in [0, 0.1) is 6.92 Å². The van der Waals surface area contributed by atoms with Crippen LogP contribution in [0.5, 0.6) is 0 Å². The first-order valence-electron chi connectivity index (χ1n) is 11.8. The van der Waals surface area contributed by atoms with Gasteiger partial charge in [-0.2, -0.15) is 0 Å². The Bertz CT molecular complexity index is 975. The maximum atomic E-state index is 13.5. The van der Waals surface area contributed by atoms with E-state index < -0.39 is 10.0 Å². The molecule has 0 atom stereocenters. The summed E-state index contributed by atoms with van der Waals surface area (Å²) in [4.78, 5) is 13.2. The van der Waals surface area contributed by atoms with Crippen LogP contribution in [0.4, 0.5) is 5.69 Å². The summed E-state index contributed by atoms with van der Waals surface area (Å²) in [6.07, 6.45) is 7.78. The van der Waals surface area contributed by atoms with Crippen LogP contribution in [-0.2, 0) is 14.8 Å². The molecule has 1 fully saturated rings. The molecule has 5 nitrogen and oxygen atoms in total. The monoisotopic (exact) mass is 456 g/mol. The van der Waals surface area contributed by atoms with Crippen molar-refractivity contribution < 1.29 is 13.2 Å². The Morgan fingerprint density at radius 1 is 0.938 bits per heavy atom. The van der Waals surface area contributed by atoms with Gasteiger partial charge in [-0.3, -0.25) is 9.10 Å². The van der Waals surface area contributed by atoms with Gasteiger partial charge in [0.15, 0.2) is 0 Å². The van der Waals surface area contributed by atoms with E-state index in [1.165, 1.54) is 23.6 Å². The Morgan fingerprint density at radius 2 is 1.50 bits per heavy atom. The van der Waals surface area contributed by atoms with Gasteiger partial charge in [-0.15, -0.1) is 0 Å². The van der Waals surface area contributed by atoms with E-state index in [2.05, 4.69) is 19.2 Å². The minimum atomic E-state index is -3.88.